The summed E-state index contributed by atoms with van der Waals surface area (Å²) in [5.74, 6) is 2.67. The van der Waals surface area contributed by atoms with Crippen LogP contribution in [0.2, 0.25) is 0 Å². The van der Waals surface area contributed by atoms with Crippen molar-refractivity contribution in [2.75, 3.05) is 6.61 Å². The third-order valence-electron chi connectivity index (χ3n) is 6.96. The second-order valence-electron chi connectivity index (χ2n) is 9.74. The molecule has 32 heavy (non-hydrogen) atoms. The Hall–Kier alpha value is -1.42. The van der Waals surface area contributed by atoms with Crippen molar-refractivity contribution < 1.29 is 4.74 Å². The van der Waals surface area contributed by atoms with E-state index in [1.807, 2.05) is 0 Å². The highest BCUT2D eigenvalue weighted by Crippen LogP contribution is 2.32. The highest BCUT2D eigenvalue weighted by atomic mass is 32.1. The standard InChI is InChI=1S/C28H44N2OS/c1-3-5-6-7-8-9-10-11-13-27-29-30-28(32-27)25-18-20-26(21-19-25)31-22-24-16-14-23(12-4-2)15-17-24/h18-21,23-24H,3-17,22H2,1-2H3. The maximum Gasteiger partial charge on any atom is 0.147 e. The Kier molecular flexibility index (Phi) is 11.6. The van der Waals surface area contributed by atoms with Crippen molar-refractivity contribution in [2.45, 2.75) is 110 Å². The van der Waals surface area contributed by atoms with Gasteiger partial charge >= 0.3 is 0 Å². The lowest BCUT2D eigenvalue weighted by atomic mass is 9.80. The molecule has 0 unspecified atom stereocenters. The minimum absolute atomic E-state index is 0.727. The number of hydrogen-bond acceptors (Lipinski definition) is 4. The number of benzene rings is 1. The van der Waals surface area contributed by atoms with Gasteiger partial charge in [0.15, 0.2) is 0 Å². The van der Waals surface area contributed by atoms with Gasteiger partial charge in [-0.15, -0.1) is 10.2 Å². The Labute approximate surface area is 200 Å². The smallest absolute Gasteiger partial charge is 0.147 e. The van der Waals surface area contributed by atoms with Gasteiger partial charge in [0, 0.05) is 12.0 Å². The average Bonchev–Trinajstić information content (AvgIpc) is 3.30. The molecular formula is C28H44N2OS. The molecule has 1 fully saturated rings. The molecule has 0 amide bonds. The molecule has 2 aromatic rings. The SMILES string of the molecule is CCCCCCCCCCc1nnc(-c2ccc(OCC3CCC(CCC)CC3)cc2)s1. The van der Waals surface area contributed by atoms with Crippen molar-refractivity contribution >= 4 is 11.3 Å². The number of aryl methyl sites for hydroxylation is 1. The van der Waals surface area contributed by atoms with Gasteiger partial charge in [0.1, 0.15) is 15.8 Å². The van der Waals surface area contributed by atoms with Crippen LogP contribution in [0.5, 0.6) is 5.75 Å². The predicted octanol–water partition coefficient (Wildman–Crippen LogP) is 8.87. The van der Waals surface area contributed by atoms with Crippen LogP contribution in [0.4, 0.5) is 0 Å². The van der Waals surface area contributed by atoms with E-state index in [4.69, 9.17) is 4.74 Å². The highest BCUT2D eigenvalue weighted by Gasteiger charge is 2.21. The van der Waals surface area contributed by atoms with Gasteiger partial charge in [-0.3, -0.25) is 0 Å². The zero-order chi connectivity index (χ0) is 22.4. The molecular weight excluding hydrogens is 412 g/mol. The maximum atomic E-state index is 6.11. The average molecular weight is 457 g/mol. The van der Waals surface area contributed by atoms with Crippen molar-refractivity contribution in [3.05, 3.63) is 29.3 Å². The van der Waals surface area contributed by atoms with Crippen molar-refractivity contribution in [3.63, 3.8) is 0 Å². The fourth-order valence-electron chi connectivity index (χ4n) is 4.88. The van der Waals surface area contributed by atoms with E-state index < -0.39 is 0 Å². The molecule has 0 atom stereocenters. The summed E-state index contributed by atoms with van der Waals surface area (Å²) in [5, 5.41) is 11.1. The first kappa shape index (κ1) is 25.2. The Bertz CT molecular complexity index is 734. The van der Waals surface area contributed by atoms with Crippen LogP contribution >= 0.6 is 11.3 Å². The van der Waals surface area contributed by atoms with E-state index >= 15 is 0 Å². The molecule has 0 saturated heterocycles. The lowest BCUT2D eigenvalue weighted by molar-refractivity contribution is 0.178. The van der Waals surface area contributed by atoms with Crippen LogP contribution in [0.3, 0.4) is 0 Å². The Balaban J connectivity index is 1.34. The van der Waals surface area contributed by atoms with E-state index in [9.17, 15) is 0 Å². The molecule has 0 radical (unpaired) electrons. The molecule has 0 bridgehead atoms. The summed E-state index contributed by atoms with van der Waals surface area (Å²) in [7, 11) is 0. The Morgan fingerprint density at radius 3 is 2.12 bits per heavy atom. The molecule has 1 saturated carbocycles. The topological polar surface area (TPSA) is 35.0 Å². The molecule has 178 valence electrons. The van der Waals surface area contributed by atoms with Crippen LogP contribution in [0.1, 0.15) is 109 Å². The van der Waals surface area contributed by atoms with Gasteiger partial charge < -0.3 is 4.74 Å². The summed E-state index contributed by atoms with van der Waals surface area (Å²) < 4.78 is 6.11. The van der Waals surface area contributed by atoms with Gasteiger partial charge in [0.25, 0.3) is 0 Å². The molecule has 1 heterocycles. The minimum Gasteiger partial charge on any atom is -0.493 e. The normalized spacial score (nSPS) is 18.7. The zero-order valence-electron chi connectivity index (χ0n) is 20.5. The van der Waals surface area contributed by atoms with Gasteiger partial charge in [-0.05, 0) is 55.4 Å². The third kappa shape index (κ3) is 8.84. The van der Waals surface area contributed by atoms with E-state index in [1.54, 1.807) is 11.3 Å². The van der Waals surface area contributed by atoms with Crippen LogP contribution in [-0.2, 0) is 6.42 Å². The van der Waals surface area contributed by atoms with Gasteiger partial charge in [-0.25, -0.2) is 0 Å². The molecule has 3 nitrogen and oxygen atoms in total. The lowest BCUT2D eigenvalue weighted by Gasteiger charge is -2.28. The van der Waals surface area contributed by atoms with E-state index in [-0.39, 0.29) is 0 Å². The zero-order valence-corrected chi connectivity index (χ0v) is 21.3. The summed E-state index contributed by atoms with van der Waals surface area (Å²) in [5.41, 5.74) is 1.15. The number of hydrogen-bond donors (Lipinski definition) is 0. The van der Waals surface area contributed by atoms with Crippen molar-refractivity contribution in [1.29, 1.82) is 0 Å². The first-order valence-electron chi connectivity index (χ1n) is 13.3. The Morgan fingerprint density at radius 1 is 0.781 bits per heavy atom. The van der Waals surface area contributed by atoms with Crippen LogP contribution in [-0.4, -0.2) is 16.8 Å². The first-order chi connectivity index (χ1) is 15.8. The van der Waals surface area contributed by atoms with E-state index in [0.717, 1.165) is 41.2 Å². The molecule has 1 aromatic heterocycles. The molecule has 1 aliphatic carbocycles. The number of aromatic nitrogens is 2. The number of unbranched alkanes of at least 4 members (excludes halogenated alkanes) is 7. The monoisotopic (exact) mass is 456 g/mol. The Morgan fingerprint density at radius 2 is 1.44 bits per heavy atom. The van der Waals surface area contributed by atoms with Crippen LogP contribution < -0.4 is 4.74 Å². The molecule has 1 aliphatic rings. The third-order valence-corrected chi connectivity index (χ3v) is 7.99. The van der Waals surface area contributed by atoms with Gasteiger partial charge in [-0.2, -0.15) is 0 Å². The minimum atomic E-state index is 0.727. The lowest BCUT2D eigenvalue weighted by Crippen LogP contribution is -2.20. The molecule has 1 aromatic carbocycles. The van der Waals surface area contributed by atoms with Crippen LogP contribution in [0.25, 0.3) is 10.6 Å². The predicted molar refractivity (Wildman–Crippen MR) is 138 cm³/mol. The summed E-state index contributed by atoms with van der Waals surface area (Å²) >= 11 is 1.74. The molecule has 3 rings (SSSR count). The summed E-state index contributed by atoms with van der Waals surface area (Å²) in [6.45, 7) is 5.44. The van der Waals surface area contributed by atoms with Gasteiger partial charge in [0.05, 0.1) is 6.61 Å². The number of ether oxygens (including phenoxy) is 1. The quantitative estimate of drug-likeness (QED) is 0.251. The summed E-state index contributed by atoms with van der Waals surface area (Å²) in [6, 6.07) is 8.46. The van der Waals surface area contributed by atoms with E-state index in [2.05, 4.69) is 48.3 Å². The fraction of sp³-hybridized carbons (Fsp3) is 0.714. The van der Waals surface area contributed by atoms with E-state index in [0.29, 0.717) is 0 Å². The summed E-state index contributed by atoms with van der Waals surface area (Å²) in [4.78, 5) is 0. The van der Waals surface area contributed by atoms with Crippen LogP contribution in [0.15, 0.2) is 24.3 Å². The highest BCUT2D eigenvalue weighted by molar-refractivity contribution is 7.14. The first-order valence-corrected chi connectivity index (χ1v) is 14.2. The number of rotatable bonds is 15. The summed E-state index contributed by atoms with van der Waals surface area (Å²) in [6.07, 6.45) is 20.0. The van der Waals surface area contributed by atoms with Crippen molar-refractivity contribution in [3.8, 4) is 16.3 Å². The largest absolute Gasteiger partial charge is 0.493 e. The fourth-order valence-corrected chi connectivity index (χ4v) is 5.77. The second-order valence-corrected chi connectivity index (χ2v) is 10.8. The second kappa shape index (κ2) is 14.7. The molecule has 4 heteroatoms. The van der Waals surface area contributed by atoms with Crippen LogP contribution in [0, 0.1) is 11.8 Å². The van der Waals surface area contributed by atoms with E-state index in [1.165, 1.54) is 94.9 Å². The van der Waals surface area contributed by atoms with Crippen molar-refractivity contribution in [1.82, 2.24) is 10.2 Å². The van der Waals surface area contributed by atoms with Gasteiger partial charge in [0.2, 0.25) is 0 Å². The number of nitrogens with zero attached hydrogens (tertiary/aromatic N) is 2. The maximum absolute atomic E-state index is 6.11. The van der Waals surface area contributed by atoms with Gasteiger partial charge in [-0.1, -0.05) is 95.8 Å². The molecule has 0 spiro atoms. The molecule has 0 aliphatic heterocycles. The molecule has 0 N–H and O–H groups in total. The van der Waals surface area contributed by atoms with Crippen molar-refractivity contribution in [2.24, 2.45) is 11.8 Å².